The van der Waals surface area contributed by atoms with E-state index in [9.17, 15) is 14.0 Å². The summed E-state index contributed by atoms with van der Waals surface area (Å²) >= 11 is 6.17. The second-order valence-corrected chi connectivity index (χ2v) is 7.16. The lowest BCUT2D eigenvalue weighted by atomic mass is 10.1. The van der Waals surface area contributed by atoms with Crippen LogP contribution in [0.15, 0.2) is 48.5 Å². The molecule has 0 saturated heterocycles. The zero-order valence-corrected chi connectivity index (χ0v) is 16.5. The molecule has 4 nitrogen and oxygen atoms in total. The average molecular weight is 391 g/mol. The van der Waals surface area contributed by atoms with E-state index in [1.54, 1.807) is 37.3 Å². The Hall–Kier alpha value is -2.40. The van der Waals surface area contributed by atoms with E-state index >= 15 is 0 Å². The number of nitrogens with zero attached hydrogens (tertiary/aromatic N) is 1. The molecule has 1 atom stereocenters. The van der Waals surface area contributed by atoms with Gasteiger partial charge in [0.1, 0.15) is 11.9 Å². The van der Waals surface area contributed by atoms with Gasteiger partial charge in [0.25, 0.3) is 0 Å². The number of nitrogens with one attached hydrogen (secondary N) is 1. The average Bonchev–Trinajstić information content (AvgIpc) is 2.62. The van der Waals surface area contributed by atoms with E-state index in [1.807, 2.05) is 19.9 Å². The van der Waals surface area contributed by atoms with Gasteiger partial charge in [-0.15, -0.1) is 0 Å². The molecule has 0 saturated carbocycles. The summed E-state index contributed by atoms with van der Waals surface area (Å²) in [6.07, 6.45) is 0.0835. The predicted octanol–water partition coefficient (Wildman–Crippen LogP) is 3.96. The van der Waals surface area contributed by atoms with E-state index < -0.39 is 6.04 Å². The Balaban J connectivity index is 2.24. The number of rotatable bonds is 7. The summed E-state index contributed by atoms with van der Waals surface area (Å²) in [4.78, 5) is 26.9. The van der Waals surface area contributed by atoms with Crippen molar-refractivity contribution in [1.82, 2.24) is 10.2 Å². The molecule has 2 rings (SSSR count). The van der Waals surface area contributed by atoms with Gasteiger partial charge in [0.15, 0.2) is 0 Å². The molecule has 0 spiro atoms. The number of benzene rings is 2. The molecule has 27 heavy (non-hydrogen) atoms. The van der Waals surface area contributed by atoms with Gasteiger partial charge in [-0.3, -0.25) is 9.59 Å². The lowest BCUT2D eigenvalue weighted by molar-refractivity contribution is -0.140. The molecule has 2 aromatic carbocycles. The van der Waals surface area contributed by atoms with E-state index in [1.165, 1.54) is 17.0 Å². The minimum atomic E-state index is -0.674. The zero-order chi connectivity index (χ0) is 20.0. The SMILES string of the molecule is CC(C)NC(=O)[C@H](C)N(Cc1ccc(F)cc1)C(=O)Cc1ccccc1Cl. The summed E-state index contributed by atoms with van der Waals surface area (Å²) in [6.45, 7) is 5.61. The Labute approximate surface area is 164 Å². The van der Waals surface area contributed by atoms with Crippen molar-refractivity contribution < 1.29 is 14.0 Å². The van der Waals surface area contributed by atoms with Crippen LogP contribution >= 0.6 is 11.6 Å². The molecule has 1 N–H and O–H groups in total. The molecule has 0 aliphatic carbocycles. The number of carbonyl (C=O) groups excluding carboxylic acids is 2. The van der Waals surface area contributed by atoms with Gasteiger partial charge in [-0.25, -0.2) is 4.39 Å². The first-order valence-electron chi connectivity index (χ1n) is 8.85. The lowest BCUT2D eigenvalue weighted by Gasteiger charge is -2.29. The molecule has 0 fully saturated rings. The van der Waals surface area contributed by atoms with Crippen molar-refractivity contribution in [2.24, 2.45) is 0 Å². The molecule has 0 aromatic heterocycles. The highest BCUT2D eigenvalue weighted by Crippen LogP contribution is 2.18. The first-order valence-corrected chi connectivity index (χ1v) is 9.23. The Morgan fingerprint density at radius 3 is 2.30 bits per heavy atom. The molecule has 0 aliphatic heterocycles. The molecule has 2 aromatic rings. The maximum atomic E-state index is 13.2. The maximum absolute atomic E-state index is 13.2. The summed E-state index contributed by atoms with van der Waals surface area (Å²) in [5, 5.41) is 3.34. The van der Waals surface area contributed by atoms with Crippen LogP contribution in [0.4, 0.5) is 4.39 Å². The van der Waals surface area contributed by atoms with E-state index in [2.05, 4.69) is 5.32 Å². The topological polar surface area (TPSA) is 49.4 Å². The molecule has 0 heterocycles. The third-order valence-electron chi connectivity index (χ3n) is 4.16. The first-order chi connectivity index (χ1) is 12.8. The van der Waals surface area contributed by atoms with Crippen LogP contribution in [0, 0.1) is 5.82 Å². The second-order valence-electron chi connectivity index (χ2n) is 6.76. The minimum Gasteiger partial charge on any atom is -0.352 e. The molecular formula is C21H24ClFN2O2. The van der Waals surface area contributed by atoms with Gasteiger partial charge in [-0.1, -0.05) is 41.9 Å². The molecule has 144 valence electrons. The monoisotopic (exact) mass is 390 g/mol. The van der Waals surface area contributed by atoms with Gasteiger partial charge < -0.3 is 10.2 Å². The summed E-state index contributed by atoms with van der Waals surface area (Å²) in [5.74, 6) is -0.809. The van der Waals surface area contributed by atoms with Crippen LogP contribution in [0.1, 0.15) is 31.9 Å². The van der Waals surface area contributed by atoms with E-state index in [4.69, 9.17) is 11.6 Å². The molecular weight excluding hydrogens is 367 g/mol. The highest BCUT2D eigenvalue weighted by Gasteiger charge is 2.26. The predicted molar refractivity (Wildman–Crippen MR) is 105 cm³/mol. The van der Waals surface area contributed by atoms with Crippen LogP contribution in [0.5, 0.6) is 0 Å². The number of halogens is 2. The third-order valence-corrected chi connectivity index (χ3v) is 4.53. The standard InChI is InChI=1S/C21H24ClFN2O2/c1-14(2)24-21(27)15(3)25(13-16-8-10-18(23)11-9-16)20(26)12-17-6-4-5-7-19(17)22/h4-11,14-15H,12-13H2,1-3H3,(H,24,27)/t15-/m0/s1. The first kappa shape index (κ1) is 20.9. The van der Waals surface area contributed by atoms with Crippen molar-refractivity contribution in [1.29, 1.82) is 0 Å². The third kappa shape index (κ3) is 6.07. The fourth-order valence-corrected chi connectivity index (χ4v) is 2.88. The fraction of sp³-hybridized carbons (Fsp3) is 0.333. The quantitative estimate of drug-likeness (QED) is 0.777. The van der Waals surface area contributed by atoms with E-state index in [0.29, 0.717) is 10.6 Å². The highest BCUT2D eigenvalue weighted by atomic mass is 35.5. The van der Waals surface area contributed by atoms with Crippen LogP contribution in [0.2, 0.25) is 5.02 Å². The van der Waals surface area contributed by atoms with Crippen molar-refractivity contribution in [3.05, 3.63) is 70.5 Å². The van der Waals surface area contributed by atoms with E-state index in [-0.39, 0.29) is 36.6 Å². The van der Waals surface area contributed by atoms with Gasteiger partial charge in [-0.05, 0) is 50.1 Å². The van der Waals surface area contributed by atoms with Gasteiger partial charge >= 0.3 is 0 Å². The van der Waals surface area contributed by atoms with Gasteiger partial charge in [0.2, 0.25) is 11.8 Å². The number of carbonyl (C=O) groups is 2. The van der Waals surface area contributed by atoms with E-state index in [0.717, 1.165) is 5.56 Å². The summed E-state index contributed by atoms with van der Waals surface area (Å²) in [5.41, 5.74) is 1.44. The van der Waals surface area contributed by atoms with Crippen LogP contribution in [0.3, 0.4) is 0 Å². The normalized spacial score (nSPS) is 11.9. The summed E-state index contributed by atoms with van der Waals surface area (Å²) in [7, 11) is 0. The fourth-order valence-electron chi connectivity index (χ4n) is 2.68. The smallest absolute Gasteiger partial charge is 0.242 e. The Morgan fingerprint density at radius 1 is 1.07 bits per heavy atom. The van der Waals surface area contributed by atoms with Crippen molar-refractivity contribution in [3.63, 3.8) is 0 Å². The Kier molecular flexibility index (Phi) is 7.36. The van der Waals surface area contributed by atoms with Crippen molar-refractivity contribution in [2.75, 3.05) is 0 Å². The Bertz CT molecular complexity index is 793. The van der Waals surface area contributed by atoms with Crippen molar-refractivity contribution in [3.8, 4) is 0 Å². The molecule has 6 heteroatoms. The second kappa shape index (κ2) is 9.51. The van der Waals surface area contributed by atoms with Gasteiger partial charge in [-0.2, -0.15) is 0 Å². The number of hydrogen-bond acceptors (Lipinski definition) is 2. The number of hydrogen-bond donors (Lipinski definition) is 1. The molecule has 0 radical (unpaired) electrons. The largest absolute Gasteiger partial charge is 0.352 e. The van der Waals surface area contributed by atoms with Gasteiger partial charge in [0.05, 0.1) is 6.42 Å². The highest BCUT2D eigenvalue weighted by molar-refractivity contribution is 6.31. The maximum Gasteiger partial charge on any atom is 0.242 e. The zero-order valence-electron chi connectivity index (χ0n) is 15.7. The Morgan fingerprint density at radius 2 is 1.70 bits per heavy atom. The van der Waals surface area contributed by atoms with Crippen LogP contribution in [0.25, 0.3) is 0 Å². The molecule has 0 unspecified atom stereocenters. The summed E-state index contributed by atoms with van der Waals surface area (Å²) < 4.78 is 13.2. The molecule has 0 aliphatic rings. The lowest BCUT2D eigenvalue weighted by Crippen LogP contribution is -2.49. The van der Waals surface area contributed by atoms with Crippen LogP contribution in [-0.2, 0) is 22.6 Å². The summed E-state index contributed by atoms with van der Waals surface area (Å²) in [6, 6.07) is 12.3. The van der Waals surface area contributed by atoms with Gasteiger partial charge in [0, 0.05) is 17.6 Å². The van der Waals surface area contributed by atoms with Crippen LogP contribution in [-0.4, -0.2) is 28.8 Å². The van der Waals surface area contributed by atoms with Crippen molar-refractivity contribution in [2.45, 2.75) is 45.8 Å². The minimum absolute atomic E-state index is 0.0358. The molecule has 0 bridgehead atoms. The molecule has 2 amide bonds. The van der Waals surface area contributed by atoms with Crippen molar-refractivity contribution >= 4 is 23.4 Å². The number of amides is 2. The van der Waals surface area contributed by atoms with Crippen LogP contribution < -0.4 is 5.32 Å².